The molecule has 82 valence electrons. The van der Waals surface area contributed by atoms with Crippen LogP contribution in [0.3, 0.4) is 0 Å². The molecule has 0 amide bonds. The van der Waals surface area contributed by atoms with Crippen LogP contribution in [0.15, 0.2) is 18.5 Å². The molecule has 6 heteroatoms. The summed E-state index contributed by atoms with van der Waals surface area (Å²) in [5, 5.41) is 27.2. The van der Waals surface area contributed by atoms with Gasteiger partial charge in [0.25, 0.3) is 0 Å². The number of aromatic nitrogens is 1. The van der Waals surface area contributed by atoms with Crippen molar-refractivity contribution in [3.05, 3.63) is 24.0 Å². The number of pyridine rings is 1. The molecule has 2 unspecified atom stereocenters. The van der Waals surface area contributed by atoms with E-state index in [2.05, 4.69) is 4.98 Å². The minimum atomic E-state index is -1.90. The van der Waals surface area contributed by atoms with Crippen LogP contribution in [0.1, 0.15) is 11.7 Å². The third-order valence-electron chi connectivity index (χ3n) is 1.90. The van der Waals surface area contributed by atoms with Crippen molar-refractivity contribution in [2.75, 3.05) is 7.11 Å². The molecule has 1 aromatic rings. The highest BCUT2D eigenvalue weighted by atomic mass is 16.5. The maximum Gasteiger partial charge on any atom is 0.335 e. The number of carboxylic acids is 1. The van der Waals surface area contributed by atoms with Crippen LogP contribution in [0.4, 0.5) is 0 Å². The lowest BCUT2D eigenvalue weighted by atomic mass is 10.1. The van der Waals surface area contributed by atoms with Gasteiger partial charge in [0, 0.05) is 18.0 Å². The molecule has 1 aromatic heterocycles. The normalized spacial score (nSPS) is 14.3. The third kappa shape index (κ3) is 2.42. The van der Waals surface area contributed by atoms with Gasteiger partial charge in [-0.1, -0.05) is 0 Å². The smallest absolute Gasteiger partial charge is 0.335 e. The van der Waals surface area contributed by atoms with E-state index in [1.165, 1.54) is 25.6 Å². The summed E-state index contributed by atoms with van der Waals surface area (Å²) in [6, 6.07) is 1.47. The second-order valence-electron chi connectivity index (χ2n) is 2.85. The summed E-state index contributed by atoms with van der Waals surface area (Å²) in [5.74, 6) is -1.23. The van der Waals surface area contributed by atoms with Gasteiger partial charge >= 0.3 is 5.97 Å². The number of aliphatic hydroxyl groups is 2. The average Bonchev–Trinajstić information content (AvgIpc) is 2.26. The standard InChI is InChI=1S/C9H11NO5/c1-15-6-2-3-10-4-5(6)7(11)8(12)9(13)14/h2-4,7-8,11-12H,1H3,(H,13,14). The van der Waals surface area contributed by atoms with Crippen molar-refractivity contribution >= 4 is 5.97 Å². The van der Waals surface area contributed by atoms with Crippen LogP contribution in [-0.4, -0.2) is 39.5 Å². The van der Waals surface area contributed by atoms with E-state index in [1.807, 2.05) is 0 Å². The number of aliphatic carboxylic acids is 1. The van der Waals surface area contributed by atoms with Crippen LogP contribution in [-0.2, 0) is 4.79 Å². The molecular formula is C9H11NO5. The fourth-order valence-corrected chi connectivity index (χ4v) is 1.11. The van der Waals surface area contributed by atoms with Crippen molar-refractivity contribution in [1.82, 2.24) is 4.98 Å². The van der Waals surface area contributed by atoms with E-state index in [9.17, 15) is 9.90 Å². The number of carbonyl (C=O) groups is 1. The van der Waals surface area contributed by atoms with Crippen LogP contribution in [0, 0.1) is 0 Å². The maximum absolute atomic E-state index is 10.4. The Kier molecular flexibility index (Phi) is 3.59. The summed E-state index contributed by atoms with van der Waals surface area (Å²) in [5.41, 5.74) is 0.134. The zero-order chi connectivity index (χ0) is 11.4. The largest absolute Gasteiger partial charge is 0.496 e. The molecule has 1 heterocycles. The molecule has 0 aliphatic heterocycles. The first-order valence-corrected chi connectivity index (χ1v) is 4.14. The molecule has 1 rings (SSSR count). The number of hydrogen-bond acceptors (Lipinski definition) is 5. The van der Waals surface area contributed by atoms with E-state index >= 15 is 0 Å². The van der Waals surface area contributed by atoms with Crippen molar-refractivity contribution in [3.8, 4) is 5.75 Å². The Morgan fingerprint density at radius 3 is 2.73 bits per heavy atom. The molecule has 0 aliphatic rings. The summed E-state index contributed by atoms with van der Waals surface area (Å²) < 4.78 is 4.89. The number of ether oxygens (including phenoxy) is 1. The van der Waals surface area contributed by atoms with Crippen LogP contribution in [0.2, 0.25) is 0 Å². The molecule has 6 nitrogen and oxygen atoms in total. The monoisotopic (exact) mass is 213 g/mol. The summed E-state index contributed by atoms with van der Waals surface area (Å²) in [4.78, 5) is 14.2. The first-order chi connectivity index (χ1) is 7.07. The molecule has 0 radical (unpaired) electrons. The summed E-state index contributed by atoms with van der Waals surface area (Å²) in [6.07, 6.45) is -0.785. The highest BCUT2D eigenvalue weighted by Crippen LogP contribution is 2.25. The molecule has 0 bridgehead atoms. The molecule has 0 saturated heterocycles. The summed E-state index contributed by atoms with van der Waals surface area (Å²) in [7, 11) is 1.37. The lowest BCUT2D eigenvalue weighted by Gasteiger charge is -2.16. The quantitative estimate of drug-likeness (QED) is 0.627. The maximum atomic E-state index is 10.4. The van der Waals surface area contributed by atoms with Crippen molar-refractivity contribution in [1.29, 1.82) is 0 Å². The zero-order valence-electron chi connectivity index (χ0n) is 7.99. The van der Waals surface area contributed by atoms with Gasteiger partial charge in [0.15, 0.2) is 6.10 Å². The molecule has 0 saturated carbocycles. The Morgan fingerprint density at radius 2 is 2.20 bits per heavy atom. The van der Waals surface area contributed by atoms with Crippen molar-refractivity contribution in [2.24, 2.45) is 0 Å². The van der Waals surface area contributed by atoms with E-state index < -0.39 is 18.2 Å². The minimum absolute atomic E-state index is 0.134. The predicted molar refractivity (Wildman–Crippen MR) is 49.4 cm³/mol. The molecule has 0 spiro atoms. The fraction of sp³-hybridized carbons (Fsp3) is 0.333. The van der Waals surface area contributed by atoms with Gasteiger partial charge in [-0.2, -0.15) is 0 Å². The highest BCUT2D eigenvalue weighted by molar-refractivity contribution is 5.73. The molecule has 0 aliphatic carbocycles. The Balaban J connectivity index is 2.99. The van der Waals surface area contributed by atoms with Gasteiger partial charge in [-0.3, -0.25) is 4.98 Å². The topological polar surface area (TPSA) is 99.9 Å². The number of carboxylic acid groups (broad SMARTS) is 1. The van der Waals surface area contributed by atoms with Crippen LogP contribution >= 0.6 is 0 Å². The van der Waals surface area contributed by atoms with Gasteiger partial charge in [-0.25, -0.2) is 4.79 Å². The lowest BCUT2D eigenvalue weighted by molar-refractivity contribution is -0.153. The Labute approximate surface area is 85.8 Å². The predicted octanol–water partition coefficient (Wildman–Crippen LogP) is -0.431. The summed E-state index contributed by atoms with van der Waals surface area (Å²) >= 11 is 0. The van der Waals surface area contributed by atoms with E-state index in [4.69, 9.17) is 14.9 Å². The van der Waals surface area contributed by atoms with Crippen molar-refractivity contribution in [3.63, 3.8) is 0 Å². The lowest BCUT2D eigenvalue weighted by Crippen LogP contribution is -2.27. The Morgan fingerprint density at radius 1 is 1.53 bits per heavy atom. The molecule has 2 atom stereocenters. The van der Waals surface area contributed by atoms with Gasteiger partial charge in [0.1, 0.15) is 11.9 Å². The third-order valence-corrected chi connectivity index (χ3v) is 1.90. The first kappa shape index (κ1) is 11.4. The second-order valence-corrected chi connectivity index (χ2v) is 2.85. The average molecular weight is 213 g/mol. The number of rotatable bonds is 4. The molecule has 0 fully saturated rings. The van der Waals surface area contributed by atoms with E-state index in [0.29, 0.717) is 0 Å². The Bertz CT molecular complexity index is 354. The molecule has 3 N–H and O–H groups in total. The first-order valence-electron chi connectivity index (χ1n) is 4.14. The molecule has 0 aromatic carbocycles. The SMILES string of the molecule is COc1ccncc1C(O)C(O)C(=O)O. The molecular weight excluding hydrogens is 202 g/mol. The fourth-order valence-electron chi connectivity index (χ4n) is 1.11. The van der Waals surface area contributed by atoms with Gasteiger partial charge in [0.05, 0.1) is 7.11 Å². The van der Waals surface area contributed by atoms with Crippen LogP contribution < -0.4 is 4.74 Å². The van der Waals surface area contributed by atoms with Crippen molar-refractivity contribution in [2.45, 2.75) is 12.2 Å². The van der Waals surface area contributed by atoms with E-state index in [0.717, 1.165) is 0 Å². The second kappa shape index (κ2) is 4.72. The Hall–Kier alpha value is -1.66. The highest BCUT2D eigenvalue weighted by Gasteiger charge is 2.27. The zero-order valence-corrected chi connectivity index (χ0v) is 7.99. The number of methoxy groups -OCH3 is 1. The molecule has 15 heavy (non-hydrogen) atoms. The number of nitrogens with zero attached hydrogens (tertiary/aromatic N) is 1. The van der Waals surface area contributed by atoms with Crippen LogP contribution in [0.5, 0.6) is 5.75 Å². The van der Waals surface area contributed by atoms with Crippen LogP contribution in [0.25, 0.3) is 0 Å². The number of hydrogen-bond donors (Lipinski definition) is 3. The van der Waals surface area contributed by atoms with Gasteiger partial charge < -0.3 is 20.1 Å². The van der Waals surface area contributed by atoms with Gasteiger partial charge in [-0.15, -0.1) is 0 Å². The number of aliphatic hydroxyl groups excluding tert-OH is 2. The van der Waals surface area contributed by atoms with Crippen molar-refractivity contribution < 1.29 is 24.9 Å². The van der Waals surface area contributed by atoms with E-state index in [1.54, 1.807) is 0 Å². The summed E-state index contributed by atoms with van der Waals surface area (Å²) in [6.45, 7) is 0. The van der Waals surface area contributed by atoms with E-state index in [-0.39, 0.29) is 11.3 Å². The van der Waals surface area contributed by atoms with Gasteiger partial charge in [-0.05, 0) is 6.07 Å². The van der Waals surface area contributed by atoms with Gasteiger partial charge in [0.2, 0.25) is 0 Å². The minimum Gasteiger partial charge on any atom is -0.496 e.